The fourth-order valence-electron chi connectivity index (χ4n) is 3.22. The van der Waals surface area contributed by atoms with E-state index in [1.165, 1.54) is 6.33 Å². The highest BCUT2D eigenvalue weighted by atomic mass is 79.9. The van der Waals surface area contributed by atoms with Gasteiger partial charge < -0.3 is 19.1 Å². The molecule has 3 heterocycles. The van der Waals surface area contributed by atoms with E-state index in [-0.39, 0.29) is 17.4 Å². The third kappa shape index (κ3) is 6.08. The summed E-state index contributed by atoms with van der Waals surface area (Å²) >= 11 is 3.55. The predicted molar refractivity (Wildman–Crippen MR) is 128 cm³/mol. The highest BCUT2D eigenvalue weighted by Gasteiger charge is 2.35. The molecule has 0 unspecified atom stereocenters. The van der Waals surface area contributed by atoms with Crippen molar-refractivity contribution in [3.8, 4) is 0 Å². The van der Waals surface area contributed by atoms with E-state index in [0.29, 0.717) is 35.6 Å². The van der Waals surface area contributed by atoms with Gasteiger partial charge in [-0.1, -0.05) is 0 Å². The first-order valence-electron chi connectivity index (χ1n) is 10.7. The molecule has 2 aromatic rings. The maximum Gasteiger partial charge on any atom is 0.425 e. The number of imide groups is 1. The Morgan fingerprint density at radius 2 is 1.70 bits per heavy atom. The van der Waals surface area contributed by atoms with Crippen molar-refractivity contribution in [2.75, 3.05) is 29.6 Å². The first-order valence-corrected chi connectivity index (χ1v) is 11.5. The average Bonchev–Trinajstić information content (AvgIpc) is 2.66. The number of carbonyl (C=O) groups is 2. The molecule has 33 heavy (non-hydrogen) atoms. The summed E-state index contributed by atoms with van der Waals surface area (Å²) in [6.07, 6.45) is -0.567. The minimum absolute atomic E-state index is 0.0213. The van der Waals surface area contributed by atoms with Gasteiger partial charge in [0.2, 0.25) is 0 Å². The first-order chi connectivity index (χ1) is 15.3. The number of nitrogens with zero attached hydrogens (tertiary/aromatic N) is 5. The number of hydrogen-bond donors (Lipinski definition) is 0. The summed E-state index contributed by atoms with van der Waals surface area (Å²) in [6.45, 7) is 14.1. The van der Waals surface area contributed by atoms with Crippen LogP contribution in [-0.2, 0) is 14.2 Å². The molecule has 1 aliphatic heterocycles. The van der Waals surface area contributed by atoms with E-state index in [1.807, 2.05) is 13.0 Å². The first kappa shape index (κ1) is 25.1. The molecule has 1 aliphatic rings. The van der Waals surface area contributed by atoms with Crippen molar-refractivity contribution >= 4 is 50.8 Å². The van der Waals surface area contributed by atoms with E-state index >= 15 is 0 Å². The van der Waals surface area contributed by atoms with Crippen LogP contribution in [-0.4, -0.2) is 64.1 Å². The highest BCUT2D eigenvalue weighted by Crippen LogP contribution is 2.33. The molecular weight excluding hydrogens is 494 g/mol. The molecule has 0 radical (unpaired) electrons. The number of aromatic nitrogens is 3. The van der Waals surface area contributed by atoms with Gasteiger partial charge in [-0.25, -0.2) is 24.5 Å². The van der Waals surface area contributed by atoms with Gasteiger partial charge in [0.05, 0.1) is 19.3 Å². The van der Waals surface area contributed by atoms with Crippen LogP contribution >= 0.6 is 15.9 Å². The van der Waals surface area contributed by atoms with Gasteiger partial charge in [-0.2, -0.15) is 4.90 Å². The number of anilines is 2. The lowest BCUT2D eigenvalue weighted by Crippen LogP contribution is -2.45. The SMILES string of the molecule is C[C@@H]1COCCN1c1cc(Br)c2ncnc(N(C(=O)OC(C)(C)C)C(=O)OC(C)(C)C)c2n1. The summed E-state index contributed by atoms with van der Waals surface area (Å²) < 4.78 is 17.2. The molecule has 1 atom stereocenters. The minimum atomic E-state index is -0.917. The molecule has 0 N–H and O–H groups in total. The molecule has 180 valence electrons. The monoisotopic (exact) mass is 523 g/mol. The van der Waals surface area contributed by atoms with E-state index in [4.69, 9.17) is 19.2 Å². The molecule has 0 aliphatic carbocycles. The van der Waals surface area contributed by atoms with Crippen LogP contribution in [0.3, 0.4) is 0 Å². The van der Waals surface area contributed by atoms with Gasteiger partial charge in [0.15, 0.2) is 5.82 Å². The summed E-state index contributed by atoms with van der Waals surface area (Å²) in [5.41, 5.74) is -0.982. The van der Waals surface area contributed by atoms with E-state index in [0.717, 1.165) is 4.90 Å². The van der Waals surface area contributed by atoms with Crippen LogP contribution in [0.15, 0.2) is 16.9 Å². The molecular formula is C22H30BrN5O5. The largest absolute Gasteiger partial charge is 0.443 e. The lowest BCUT2D eigenvalue weighted by atomic mass is 10.2. The quantitative estimate of drug-likeness (QED) is 0.553. The van der Waals surface area contributed by atoms with Gasteiger partial charge in [-0.15, -0.1) is 0 Å². The normalized spacial score (nSPS) is 17.1. The Morgan fingerprint density at radius 3 is 2.24 bits per heavy atom. The van der Waals surface area contributed by atoms with Gasteiger partial charge in [0.1, 0.15) is 34.4 Å². The predicted octanol–water partition coefficient (Wildman–Crippen LogP) is 4.69. The number of hydrogen-bond acceptors (Lipinski definition) is 9. The third-order valence-electron chi connectivity index (χ3n) is 4.54. The van der Waals surface area contributed by atoms with Crippen molar-refractivity contribution in [2.45, 2.75) is 65.7 Å². The molecule has 3 rings (SSSR count). The van der Waals surface area contributed by atoms with Gasteiger partial charge >= 0.3 is 12.2 Å². The summed E-state index contributed by atoms with van der Waals surface area (Å²) in [7, 11) is 0. The van der Waals surface area contributed by atoms with Gasteiger partial charge in [0, 0.05) is 11.0 Å². The molecule has 1 fully saturated rings. The number of rotatable bonds is 2. The van der Waals surface area contributed by atoms with E-state index in [2.05, 4.69) is 30.8 Å². The Morgan fingerprint density at radius 1 is 1.09 bits per heavy atom. The number of carbonyl (C=O) groups excluding carboxylic acids is 2. The molecule has 11 heteroatoms. The zero-order valence-corrected chi connectivity index (χ0v) is 21.6. The Bertz CT molecular complexity index is 1020. The standard InChI is InChI=1S/C22H30BrN5O5/c1-13-11-31-9-8-27(13)15-10-14(23)16-17(26-15)18(25-12-24-16)28(19(29)32-21(2,3)4)20(30)33-22(5,6)7/h10,12-13H,8-9,11H2,1-7H3/t13-/m1/s1. The molecule has 0 spiro atoms. The Balaban J connectivity index is 2.16. The van der Waals surface area contributed by atoms with E-state index < -0.39 is 23.4 Å². The van der Waals surface area contributed by atoms with Crippen LogP contribution in [0.2, 0.25) is 0 Å². The van der Waals surface area contributed by atoms with Crippen LogP contribution in [0.1, 0.15) is 48.5 Å². The number of pyridine rings is 1. The second-order valence-corrected chi connectivity index (χ2v) is 10.6. The Labute approximate surface area is 201 Å². The number of fused-ring (bicyclic) bond motifs is 1. The Hall–Kier alpha value is -2.53. The topological polar surface area (TPSA) is 107 Å². The second-order valence-electron chi connectivity index (χ2n) is 9.77. The maximum atomic E-state index is 13.1. The summed E-state index contributed by atoms with van der Waals surface area (Å²) in [5.74, 6) is 0.626. The number of amides is 2. The van der Waals surface area contributed by atoms with Gasteiger partial charge in [0.25, 0.3) is 0 Å². The van der Waals surface area contributed by atoms with Gasteiger partial charge in [-0.3, -0.25) is 0 Å². The number of ether oxygens (including phenoxy) is 3. The van der Waals surface area contributed by atoms with Crippen LogP contribution in [0.5, 0.6) is 0 Å². The highest BCUT2D eigenvalue weighted by molar-refractivity contribution is 9.10. The van der Waals surface area contributed by atoms with Crippen molar-refractivity contribution in [3.05, 3.63) is 16.9 Å². The van der Waals surface area contributed by atoms with Crippen LogP contribution in [0, 0.1) is 0 Å². The van der Waals surface area contributed by atoms with Gasteiger partial charge in [-0.05, 0) is 70.5 Å². The molecule has 0 aromatic carbocycles. The molecule has 2 amide bonds. The average molecular weight is 524 g/mol. The van der Waals surface area contributed by atoms with Crippen molar-refractivity contribution in [2.24, 2.45) is 0 Å². The number of halogens is 1. The summed E-state index contributed by atoms with van der Waals surface area (Å²) in [4.78, 5) is 42.4. The van der Waals surface area contributed by atoms with Crippen molar-refractivity contribution < 1.29 is 23.8 Å². The second kappa shape index (κ2) is 9.38. The molecule has 0 saturated carbocycles. The van der Waals surface area contributed by atoms with Crippen molar-refractivity contribution in [3.63, 3.8) is 0 Å². The van der Waals surface area contributed by atoms with Crippen LogP contribution in [0.4, 0.5) is 21.2 Å². The maximum absolute atomic E-state index is 13.1. The zero-order valence-electron chi connectivity index (χ0n) is 20.0. The van der Waals surface area contributed by atoms with Crippen molar-refractivity contribution in [1.82, 2.24) is 15.0 Å². The lowest BCUT2D eigenvalue weighted by Gasteiger charge is -2.34. The fraction of sp³-hybridized carbons (Fsp3) is 0.591. The van der Waals surface area contributed by atoms with E-state index in [9.17, 15) is 9.59 Å². The zero-order chi connectivity index (χ0) is 24.6. The molecule has 1 saturated heterocycles. The van der Waals surface area contributed by atoms with E-state index in [1.54, 1.807) is 41.5 Å². The molecule has 0 bridgehead atoms. The lowest BCUT2D eigenvalue weighted by molar-refractivity contribution is 0.0429. The minimum Gasteiger partial charge on any atom is -0.443 e. The smallest absolute Gasteiger partial charge is 0.425 e. The van der Waals surface area contributed by atoms with Crippen molar-refractivity contribution in [1.29, 1.82) is 0 Å². The fourth-order valence-corrected chi connectivity index (χ4v) is 3.71. The summed E-state index contributed by atoms with van der Waals surface area (Å²) in [5, 5.41) is 0. The molecule has 10 nitrogen and oxygen atoms in total. The van der Waals surface area contributed by atoms with Crippen LogP contribution in [0.25, 0.3) is 11.0 Å². The third-order valence-corrected chi connectivity index (χ3v) is 5.14. The Kier molecular flexibility index (Phi) is 7.13. The molecule has 2 aromatic heterocycles. The number of morpholine rings is 1. The summed E-state index contributed by atoms with van der Waals surface area (Å²) in [6, 6.07) is 1.95. The van der Waals surface area contributed by atoms with Crippen LogP contribution < -0.4 is 9.80 Å².